The van der Waals surface area contributed by atoms with Gasteiger partial charge in [-0.3, -0.25) is 19.7 Å². The predicted molar refractivity (Wildman–Crippen MR) is 109 cm³/mol. The average Bonchev–Trinajstić information content (AvgIpc) is 3.00. The number of hydrogen-bond donors (Lipinski definition) is 1. The molecule has 28 heavy (non-hydrogen) atoms. The summed E-state index contributed by atoms with van der Waals surface area (Å²) >= 11 is 0.864. The van der Waals surface area contributed by atoms with Crippen LogP contribution in [0.1, 0.15) is 21.5 Å². The highest BCUT2D eigenvalue weighted by Gasteiger charge is 2.24. The van der Waals surface area contributed by atoms with E-state index in [-0.39, 0.29) is 11.1 Å². The SMILES string of the molecule is Cc1ccc(OCCN(C)C(=O)c2ccc(/C=C3/SC(=O)NC3=O)cc2)cc1. The van der Waals surface area contributed by atoms with E-state index in [0.717, 1.165) is 28.6 Å². The van der Waals surface area contributed by atoms with Crippen molar-refractivity contribution in [1.82, 2.24) is 10.2 Å². The van der Waals surface area contributed by atoms with Crippen molar-refractivity contribution in [2.24, 2.45) is 0 Å². The Morgan fingerprint density at radius 2 is 1.79 bits per heavy atom. The van der Waals surface area contributed by atoms with Crippen molar-refractivity contribution in [3.8, 4) is 5.75 Å². The van der Waals surface area contributed by atoms with Crippen LogP contribution in [0.25, 0.3) is 6.08 Å². The van der Waals surface area contributed by atoms with Gasteiger partial charge in [0.15, 0.2) is 0 Å². The molecule has 2 aromatic rings. The number of aryl methyl sites for hydroxylation is 1. The van der Waals surface area contributed by atoms with Crippen LogP contribution in [-0.2, 0) is 4.79 Å². The molecule has 0 bridgehead atoms. The van der Waals surface area contributed by atoms with Crippen molar-refractivity contribution < 1.29 is 19.1 Å². The second-order valence-electron chi connectivity index (χ2n) is 6.36. The number of nitrogens with zero attached hydrogens (tertiary/aromatic N) is 1. The summed E-state index contributed by atoms with van der Waals surface area (Å²) in [6.07, 6.45) is 1.62. The first kappa shape index (κ1) is 19.7. The zero-order chi connectivity index (χ0) is 20.1. The molecular weight excluding hydrogens is 376 g/mol. The first-order valence-electron chi connectivity index (χ1n) is 8.72. The summed E-state index contributed by atoms with van der Waals surface area (Å²) in [5, 5.41) is 1.83. The number of rotatable bonds is 6. The van der Waals surface area contributed by atoms with Gasteiger partial charge in [0.2, 0.25) is 0 Å². The summed E-state index contributed by atoms with van der Waals surface area (Å²) in [5.74, 6) is 0.259. The monoisotopic (exact) mass is 396 g/mol. The summed E-state index contributed by atoms with van der Waals surface area (Å²) in [6, 6.07) is 14.6. The minimum atomic E-state index is -0.400. The molecule has 1 saturated heterocycles. The van der Waals surface area contributed by atoms with Crippen molar-refractivity contribution >= 4 is 34.9 Å². The molecule has 0 spiro atoms. The van der Waals surface area contributed by atoms with Gasteiger partial charge in [-0.15, -0.1) is 0 Å². The third-order valence-corrected chi connectivity index (χ3v) is 4.97. The van der Waals surface area contributed by atoms with Gasteiger partial charge in [-0.05, 0) is 54.6 Å². The van der Waals surface area contributed by atoms with Gasteiger partial charge >= 0.3 is 0 Å². The molecular formula is C21H20N2O4S. The zero-order valence-electron chi connectivity index (χ0n) is 15.6. The number of ether oxygens (including phenoxy) is 1. The molecule has 1 N–H and O–H groups in total. The lowest BCUT2D eigenvalue weighted by atomic mass is 10.1. The minimum absolute atomic E-state index is 0.116. The van der Waals surface area contributed by atoms with Gasteiger partial charge in [-0.25, -0.2) is 0 Å². The molecule has 0 atom stereocenters. The topological polar surface area (TPSA) is 75.7 Å². The van der Waals surface area contributed by atoms with Gasteiger partial charge in [0.05, 0.1) is 11.4 Å². The lowest BCUT2D eigenvalue weighted by Gasteiger charge is -2.17. The average molecular weight is 396 g/mol. The second kappa shape index (κ2) is 8.75. The molecule has 1 fully saturated rings. The Morgan fingerprint density at radius 3 is 2.39 bits per heavy atom. The van der Waals surface area contributed by atoms with Gasteiger partial charge in [0, 0.05) is 12.6 Å². The summed E-state index contributed by atoms with van der Waals surface area (Å²) in [5.41, 5.74) is 2.45. The van der Waals surface area contributed by atoms with E-state index in [2.05, 4.69) is 5.32 Å². The molecule has 3 rings (SSSR count). The highest BCUT2D eigenvalue weighted by Crippen LogP contribution is 2.25. The number of amides is 3. The maximum absolute atomic E-state index is 12.5. The summed E-state index contributed by atoms with van der Waals surface area (Å²) in [7, 11) is 1.72. The van der Waals surface area contributed by atoms with E-state index in [4.69, 9.17) is 4.74 Å². The van der Waals surface area contributed by atoms with Crippen LogP contribution in [0.5, 0.6) is 5.75 Å². The Morgan fingerprint density at radius 1 is 1.11 bits per heavy atom. The van der Waals surface area contributed by atoms with Crippen LogP contribution in [-0.4, -0.2) is 42.2 Å². The number of nitrogens with one attached hydrogen (secondary N) is 1. The molecule has 7 heteroatoms. The first-order chi connectivity index (χ1) is 13.4. The maximum atomic E-state index is 12.5. The highest BCUT2D eigenvalue weighted by atomic mass is 32.2. The van der Waals surface area contributed by atoms with Crippen LogP contribution in [0.2, 0.25) is 0 Å². The Kier molecular flexibility index (Phi) is 6.16. The molecule has 0 unspecified atom stereocenters. The quantitative estimate of drug-likeness (QED) is 0.757. The highest BCUT2D eigenvalue weighted by molar-refractivity contribution is 8.18. The van der Waals surface area contributed by atoms with Crippen LogP contribution < -0.4 is 10.1 Å². The minimum Gasteiger partial charge on any atom is -0.492 e. The fraction of sp³-hybridized carbons (Fsp3) is 0.190. The number of carbonyl (C=O) groups excluding carboxylic acids is 3. The largest absolute Gasteiger partial charge is 0.492 e. The van der Waals surface area contributed by atoms with Gasteiger partial charge in [-0.1, -0.05) is 29.8 Å². The van der Waals surface area contributed by atoms with Crippen molar-refractivity contribution in [2.45, 2.75) is 6.92 Å². The fourth-order valence-corrected chi connectivity index (χ4v) is 3.23. The number of thioether (sulfide) groups is 1. The van der Waals surface area contributed by atoms with Crippen LogP contribution in [0.3, 0.4) is 0 Å². The number of hydrogen-bond acceptors (Lipinski definition) is 5. The summed E-state index contributed by atoms with van der Waals surface area (Å²) in [6.45, 7) is 2.87. The lowest BCUT2D eigenvalue weighted by Crippen LogP contribution is -2.30. The molecule has 6 nitrogen and oxygen atoms in total. The van der Waals surface area contributed by atoms with Crippen molar-refractivity contribution in [3.05, 3.63) is 70.1 Å². The number of likely N-dealkylation sites (N-methyl/N-ethyl adjacent to an activating group) is 1. The molecule has 3 amide bonds. The molecule has 0 radical (unpaired) electrons. The smallest absolute Gasteiger partial charge is 0.290 e. The number of imide groups is 1. The predicted octanol–water partition coefficient (Wildman–Crippen LogP) is 3.47. The Labute approximate surface area is 167 Å². The normalized spacial score (nSPS) is 14.9. The summed E-state index contributed by atoms with van der Waals surface area (Å²) in [4.78, 5) is 37.2. The number of benzene rings is 2. The Hall–Kier alpha value is -3.06. The van der Waals surface area contributed by atoms with E-state index < -0.39 is 5.91 Å². The van der Waals surface area contributed by atoms with Crippen molar-refractivity contribution in [3.63, 3.8) is 0 Å². The zero-order valence-corrected chi connectivity index (χ0v) is 16.4. The molecule has 0 aromatic heterocycles. The molecule has 0 aliphatic carbocycles. The molecule has 2 aromatic carbocycles. The van der Waals surface area contributed by atoms with E-state index in [1.807, 2.05) is 31.2 Å². The van der Waals surface area contributed by atoms with Gasteiger partial charge < -0.3 is 9.64 Å². The van der Waals surface area contributed by atoms with E-state index >= 15 is 0 Å². The maximum Gasteiger partial charge on any atom is 0.290 e. The molecule has 0 saturated carbocycles. The molecule has 1 aliphatic heterocycles. The molecule has 144 valence electrons. The standard InChI is InChI=1S/C21H20N2O4S/c1-14-3-9-17(10-4-14)27-12-11-23(2)20(25)16-7-5-15(6-8-16)13-18-19(24)22-21(26)28-18/h3-10,13H,11-12H2,1-2H3,(H,22,24,26)/b18-13+. The van der Waals surface area contributed by atoms with Crippen LogP contribution >= 0.6 is 11.8 Å². The first-order valence-corrected chi connectivity index (χ1v) is 9.54. The second-order valence-corrected chi connectivity index (χ2v) is 7.38. The Bertz CT molecular complexity index is 920. The Balaban J connectivity index is 1.54. The van der Waals surface area contributed by atoms with Crippen LogP contribution in [0, 0.1) is 6.92 Å². The fourth-order valence-electron chi connectivity index (χ4n) is 2.55. The van der Waals surface area contributed by atoms with Crippen LogP contribution in [0.15, 0.2) is 53.4 Å². The van der Waals surface area contributed by atoms with Gasteiger partial charge in [-0.2, -0.15) is 0 Å². The third-order valence-electron chi connectivity index (χ3n) is 4.16. The number of carbonyl (C=O) groups is 3. The van der Waals surface area contributed by atoms with Crippen molar-refractivity contribution in [1.29, 1.82) is 0 Å². The van der Waals surface area contributed by atoms with Gasteiger partial charge in [0.1, 0.15) is 12.4 Å². The third kappa shape index (κ3) is 5.01. The van der Waals surface area contributed by atoms with E-state index in [1.165, 1.54) is 0 Å². The van der Waals surface area contributed by atoms with E-state index in [9.17, 15) is 14.4 Å². The molecule has 1 heterocycles. The summed E-state index contributed by atoms with van der Waals surface area (Å²) < 4.78 is 5.66. The molecule has 1 aliphatic rings. The van der Waals surface area contributed by atoms with Crippen molar-refractivity contribution in [2.75, 3.05) is 20.2 Å². The lowest BCUT2D eigenvalue weighted by molar-refractivity contribution is -0.115. The van der Waals surface area contributed by atoms with E-state index in [0.29, 0.717) is 23.6 Å². The van der Waals surface area contributed by atoms with E-state index in [1.54, 1.807) is 42.3 Å². The van der Waals surface area contributed by atoms with Crippen LogP contribution in [0.4, 0.5) is 4.79 Å². The van der Waals surface area contributed by atoms with Gasteiger partial charge in [0.25, 0.3) is 17.1 Å².